The zero-order valence-electron chi connectivity index (χ0n) is 12.9. The van der Waals surface area contributed by atoms with Crippen LogP contribution >= 0.6 is 0 Å². The highest BCUT2D eigenvalue weighted by molar-refractivity contribution is 5.71. The monoisotopic (exact) mass is 275 g/mol. The third-order valence-electron chi connectivity index (χ3n) is 3.85. The second kappa shape index (κ2) is 5.25. The van der Waals surface area contributed by atoms with Crippen LogP contribution in [0.15, 0.2) is 66.9 Å². The molecule has 0 atom stereocenters. The zero-order chi connectivity index (χ0) is 14.9. The van der Waals surface area contributed by atoms with Gasteiger partial charge >= 0.3 is 0 Å². The normalized spacial score (nSPS) is 11.6. The topological polar surface area (TPSA) is 15.8 Å². The van der Waals surface area contributed by atoms with Crippen molar-refractivity contribution in [3.8, 4) is 22.4 Å². The Morgan fingerprint density at radius 1 is 0.714 bits per heavy atom. The number of hydrogen-bond acceptors (Lipinski definition) is 0. The Morgan fingerprint density at radius 3 is 2.00 bits per heavy atom. The number of aromatic amines is 1. The second-order valence-corrected chi connectivity index (χ2v) is 6.50. The molecule has 0 aliphatic carbocycles. The summed E-state index contributed by atoms with van der Waals surface area (Å²) in [5.41, 5.74) is 6.42. The number of rotatable bonds is 2. The molecular weight excluding hydrogens is 254 g/mol. The molecule has 0 aliphatic rings. The first-order chi connectivity index (χ1) is 10.0. The van der Waals surface area contributed by atoms with Gasteiger partial charge in [0.2, 0.25) is 0 Å². The van der Waals surface area contributed by atoms with Crippen molar-refractivity contribution in [3.63, 3.8) is 0 Å². The van der Waals surface area contributed by atoms with Crippen LogP contribution in [0.25, 0.3) is 22.4 Å². The van der Waals surface area contributed by atoms with Gasteiger partial charge in [0.25, 0.3) is 0 Å². The summed E-state index contributed by atoms with van der Waals surface area (Å²) in [5, 5.41) is 0. The Hall–Kier alpha value is -2.28. The minimum absolute atomic E-state index is 0.198. The summed E-state index contributed by atoms with van der Waals surface area (Å²) in [4.78, 5) is 3.38. The van der Waals surface area contributed by atoms with Gasteiger partial charge in [-0.15, -0.1) is 0 Å². The van der Waals surface area contributed by atoms with Crippen LogP contribution < -0.4 is 0 Å². The standard InChI is InChI=1S/C20H21N/c1-20(2,3)18-11-9-16(10-12-18)19-13-17(14-21-19)15-7-5-4-6-8-15/h4-14,21H,1-3H3. The average molecular weight is 275 g/mol. The van der Waals surface area contributed by atoms with Gasteiger partial charge in [0, 0.05) is 11.9 Å². The van der Waals surface area contributed by atoms with Gasteiger partial charge in [-0.3, -0.25) is 0 Å². The van der Waals surface area contributed by atoms with E-state index in [4.69, 9.17) is 0 Å². The van der Waals surface area contributed by atoms with Crippen LogP contribution in [0.1, 0.15) is 26.3 Å². The van der Waals surface area contributed by atoms with Gasteiger partial charge in [0.05, 0.1) is 0 Å². The van der Waals surface area contributed by atoms with Gasteiger partial charge in [-0.2, -0.15) is 0 Å². The molecule has 0 fully saturated rings. The lowest BCUT2D eigenvalue weighted by atomic mass is 9.86. The minimum Gasteiger partial charge on any atom is -0.361 e. The molecule has 21 heavy (non-hydrogen) atoms. The molecule has 3 rings (SSSR count). The molecule has 0 aliphatic heterocycles. The third-order valence-corrected chi connectivity index (χ3v) is 3.85. The number of H-pyrrole nitrogens is 1. The molecular formula is C20H21N. The summed E-state index contributed by atoms with van der Waals surface area (Å²) < 4.78 is 0. The first kappa shape index (κ1) is 13.7. The predicted octanol–water partition coefficient (Wildman–Crippen LogP) is 5.65. The van der Waals surface area contributed by atoms with Crippen LogP contribution in [0.2, 0.25) is 0 Å². The molecule has 1 heterocycles. The van der Waals surface area contributed by atoms with Crippen molar-refractivity contribution in [1.82, 2.24) is 4.98 Å². The molecule has 3 aromatic rings. The third kappa shape index (κ3) is 2.92. The smallest absolute Gasteiger partial charge is 0.0460 e. The number of hydrogen-bond donors (Lipinski definition) is 1. The Balaban J connectivity index is 1.90. The molecule has 1 nitrogen and oxygen atoms in total. The molecule has 1 heteroatoms. The summed E-state index contributed by atoms with van der Waals surface area (Å²) in [5.74, 6) is 0. The van der Waals surface area contributed by atoms with E-state index in [-0.39, 0.29) is 5.41 Å². The summed E-state index contributed by atoms with van der Waals surface area (Å²) >= 11 is 0. The average Bonchev–Trinajstić information content (AvgIpc) is 2.97. The maximum absolute atomic E-state index is 3.38. The highest BCUT2D eigenvalue weighted by atomic mass is 14.7. The number of benzene rings is 2. The van der Waals surface area contributed by atoms with Crippen molar-refractivity contribution >= 4 is 0 Å². The summed E-state index contributed by atoms with van der Waals surface area (Å²) in [7, 11) is 0. The Morgan fingerprint density at radius 2 is 1.38 bits per heavy atom. The van der Waals surface area contributed by atoms with Crippen LogP contribution in [0.5, 0.6) is 0 Å². The molecule has 2 aromatic carbocycles. The van der Waals surface area contributed by atoms with E-state index in [1.54, 1.807) is 0 Å². The molecule has 0 radical (unpaired) electrons. The van der Waals surface area contributed by atoms with Crippen molar-refractivity contribution in [1.29, 1.82) is 0 Å². The fraction of sp³-hybridized carbons (Fsp3) is 0.200. The van der Waals surface area contributed by atoms with E-state index in [0.29, 0.717) is 0 Å². The molecule has 0 unspecified atom stereocenters. The van der Waals surface area contributed by atoms with Crippen LogP contribution in [-0.4, -0.2) is 4.98 Å². The van der Waals surface area contributed by atoms with Crippen LogP contribution in [-0.2, 0) is 5.41 Å². The van der Waals surface area contributed by atoms with E-state index in [0.717, 1.165) is 5.69 Å². The van der Waals surface area contributed by atoms with E-state index in [2.05, 4.69) is 86.5 Å². The molecule has 1 aromatic heterocycles. The molecule has 0 bridgehead atoms. The Labute approximate surface area is 126 Å². The molecule has 0 amide bonds. The van der Waals surface area contributed by atoms with Crippen molar-refractivity contribution < 1.29 is 0 Å². The summed E-state index contributed by atoms with van der Waals surface area (Å²) in [6.07, 6.45) is 2.07. The SMILES string of the molecule is CC(C)(C)c1ccc(-c2cc(-c3ccccc3)c[nH]2)cc1. The molecule has 0 spiro atoms. The minimum atomic E-state index is 0.198. The Kier molecular flexibility index (Phi) is 3.42. The van der Waals surface area contributed by atoms with Crippen LogP contribution in [0, 0.1) is 0 Å². The predicted molar refractivity (Wildman–Crippen MR) is 90.4 cm³/mol. The van der Waals surface area contributed by atoms with Crippen LogP contribution in [0.4, 0.5) is 0 Å². The maximum Gasteiger partial charge on any atom is 0.0460 e. The molecule has 1 N–H and O–H groups in total. The lowest BCUT2D eigenvalue weighted by molar-refractivity contribution is 0.590. The summed E-state index contributed by atoms with van der Waals surface area (Å²) in [6.45, 7) is 6.72. The van der Waals surface area contributed by atoms with Gasteiger partial charge in [0.1, 0.15) is 0 Å². The number of nitrogens with one attached hydrogen (secondary N) is 1. The van der Waals surface area contributed by atoms with Crippen molar-refractivity contribution in [2.24, 2.45) is 0 Å². The quantitative estimate of drug-likeness (QED) is 0.622. The van der Waals surface area contributed by atoms with E-state index < -0.39 is 0 Å². The fourth-order valence-electron chi connectivity index (χ4n) is 2.51. The fourth-order valence-corrected chi connectivity index (χ4v) is 2.51. The second-order valence-electron chi connectivity index (χ2n) is 6.50. The zero-order valence-corrected chi connectivity index (χ0v) is 12.9. The molecule has 0 saturated carbocycles. The maximum atomic E-state index is 3.38. The lowest BCUT2D eigenvalue weighted by Gasteiger charge is -2.19. The van der Waals surface area contributed by atoms with Crippen LogP contribution in [0.3, 0.4) is 0 Å². The lowest BCUT2D eigenvalue weighted by Crippen LogP contribution is -2.10. The largest absolute Gasteiger partial charge is 0.361 e. The van der Waals surface area contributed by atoms with Gasteiger partial charge in [0.15, 0.2) is 0 Å². The van der Waals surface area contributed by atoms with Crippen molar-refractivity contribution in [2.75, 3.05) is 0 Å². The van der Waals surface area contributed by atoms with Gasteiger partial charge in [-0.25, -0.2) is 0 Å². The van der Waals surface area contributed by atoms with Gasteiger partial charge in [-0.1, -0.05) is 75.4 Å². The van der Waals surface area contributed by atoms with E-state index in [1.807, 2.05) is 6.07 Å². The van der Waals surface area contributed by atoms with Gasteiger partial charge in [-0.05, 0) is 33.7 Å². The van der Waals surface area contributed by atoms with E-state index in [9.17, 15) is 0 Å². The first-order valence-corrected chi connectivity index (χ1v) is 7.39. The van der Waals surface area contributed by atoms with Crippen molar-refractivity contribution in [3.05, 3.63) is 72.4 Å². The first-order valence-electron chi connectivity index (χ1n) is 7.39. The highest BCUT2D eigenvalue weighted by Gasteiger charge is 2.13. The Bertz CT molecular complexity index is 713. The van der Waals surface area contributed by atoms with E-state index >= 15 is 0 Å². The highest BCUT2D eigenvalue weighted by Crippen LogP contribution is 2.28. The molecule has 0 saturated heterocycles. The van der Waals surface area contributed by atoms with Crippen molar-refractivity contribution in [2.45, 2.75) is 26.2 Å². The molecule has 106 valence electrons. The number of aromatic nitrogens is 1. The van der Waals surface area contributed by atoms with Gasteiger partial charge < -0.3 is 4.98 Å². The van der Waals surface area contributed by atoms with E-state index in [1.165, 1.54) is 22.3 Å². The summed E-state index contributed by atoms with van der Waals surface area (Å²) in [6, 6.07) is 21.5.